The standard InChI is InChI=1S/C20H25N3O5/c1-20(12-24,13-25)23-18-7-6-14(10-22-18)19(26)21-9-8-15-11-27-16-4-2-3-5-17(16)28-15/h2-7,10,15,24-25H,8-9,11-13H2,1H3,(H,21,26)(H,22,23). The number of rotatable bonds is 8. The number of anilines is 1. The van der Waals surface area contributed by atoms with E-state index < -0.39 is 5.54 Å². The van der Waals surface area contributed by atoms with Gasteiger partial charge in [0.2, 0.25) is 0 Å². The molecule has 1 unspecified atom stereocenters. The molecule has 1 aliphatic heterocycles. The molecule has 1 atom stereocenters. The minimum absolute atomic E-state index is 0.116. The van der Waals surface area contributed by atoms with Crippen LogP contribution >= 0.6 is 0 Å². The van der Waals surface area contributed by atoms with Crippen LogP contribution in [0.25, 0.3) is 0 Å². The molecule has 0 radical (unpaired) electrons. The predicted molar refractivity (Wildman–Crippen MR) is 104 cm³/mol. The zero-order chi connectivity index (χ0) is 20.0. The fraction of sp³-hybridized carbons (Fsp3) is 0.400. The van der Waals surface area contributed by atoms with E-state index in [2.05, 4.69) is 15.6 Å². The lowest BCUT2D eigenvalue weighted by atomic mass is 10.1. The van der Waals surface area contributed by atoms with Crippen LogP contribution in [0.3, 0.4) is 0 Å². The Morgan fingerprint density at radius 3 is 2.64 bits per heavy atom. The van der Waals surface area contributed by atoms with Gasteiger partial charge >= 0.3 is 0 Å². The van der Waals surface area contributed by atoms with Gasteiger partial charge in [-0.3, -0.25) is 4.79 Å². The highest BCUT2D eigenvalue weighted by atomic mass is 16.6. The SMILES string of the molecule is CC(CO)(CO)Nc1ccc(C(=O)NCCC2COc3ccccc3O2)cn1. The van der Waals surface area contributed by atoms with Gasteiger partial charge in [0, 0.05) is 19.2 Å². The molecule has 8 heteroatoms. The van der Waals surface area contributed by atoms with Crippen molar-refractivity contribution in [2.24, 2.45) is 0 Å². The first kappa shape index (κ1) is 19.9. The van der Waals surface area contributed by atoms with E-state index in [1.807, 2.05) is 24.3 Å². The molecule has 1 amide bonds. The number of aliphatic hydroxyl groups is 2. The summed E-state index contributed by atoms with van der Waals surface area (Å²) < 4.78 is 11.5. The van der Waals surface area contributed by atoms with Crippen LogP contribution in [0.4, 0.5) is 5.82 Å². The maximum Gasteiger partial charge on any atom is 0.252 e. The zero-order valence-electron chi connectivity index (χ0n) is 15.7. The van der Waals surface area contributed by atoms with Crippen LogP contribution in [-0.4, -0.2) is 59.1 Å². The lowest BCUT2D eigenvalue weighted by Crippen LogP contribution is -2.42. The van der Waals surface area contributed by atoms with Crippen molar-refractivity contribution < 1.29 is 24.5 Å². The van der Waals surface area contributed by atoms with E-state index in [4.69, 9.17) is 9.47 Å². The first-order chi connectivity index (χ1) is 13.5. The largest absolute Gasteiger partial charge is 0.486 e. The van der Waals surface area contributed by atoms with Gasteiger partial charge in [0.1, 0.15) is 18.5 Å². The average Bonchev–Trinajstić information content (AvgIpc) is 2.74. The number of benzene rings is 1. The summed E-state index contributed by atoms with van der Waals surface area (Å²) in [5, 5.41) is 24.4. The molecule has 8 nitrogen and oxygen atoms in total. The number of pyridine rings is 1. The number of carbonyl (C=O) groups excluding carboxylic acids is 1. The first-order valence-electron chi connectivity index (χ1n) is 9.15. The van der Waals surface area contributed by atoms with E-state index in [1.165, 1.54) is 6.20 Å². The van der Waals surface area contributed by atoms with Gasteiger partial charge in [-0.2, -0.15) is 0 Å². The number of aromatic nitrogens is 1. The molecule has 3 rings (SSSR count). The van der Waals surface area contributed by atoms with Crippen molar-refractivity contribution in [1.82, 2.24) is 10.3 Å². The topological polar surface area (TPSA) is 113 Å². The molecule has 2 aromatic rings. The molecule has 2 heterocycles. The van der Waals surface area contributed by atoms with Crippen molar-refractivity contribution in [2.75, 3.05) is 31.7 Å². The smallest absolute Gasteiger partial charge is 0.252 e. The molecule has 150 valence electrons. The van der Waals surface area contributed by atoms with Crippen molar-refractivity contribution in [2.45, 2.75) is 25.0 Å². The lowest BCUT2D eigenvalue weighted by molar-refractivity contribution is 0.0812. The fourth-order valence-corrected chi connectivity index (χ4v) is 2.69. The summed E-state index contributed by atoms with van der Waals surface area (Å²) in [5.41, 5.74) is -0.455. The molecule has 0 bridgehead atoms. The minimum atomic E-state index is -0.878. The molecule has 1 aliphatic rings. The van der Waals surface area contributed by atoms with E-state index in [0.717, 1.165) is 11.5 Å². The quantitative estimate of drug-likeness (QED) is 0.538. The molecule has 4 N–H and O–H groups in total. The number of para-hydroxylation sites is 2. The predicted octanol–water partition coefficient (Wildman–Crippen LogP) is 1.20. The van der Waals surface area contributed by atoms with E-state index >= 15 is 0 Å². The Balaban J connectivity index is 1.46. The summed E-state index contributed by atoms with van der Waals surface area (Å²) in [7, 11) is 0. The number of amides is 1. The van der Waals surface area contributed by atoms with Crippen LogP contribution in [-0.2, 0) is 0 Å². The lowest BCUT2D eigenvalue weighted by Gasteiger charge is -2.26. The molecular formula is C20H25N3O5. The van der Waals surface area contributed by atoms with Crippen LogP contribution in [0, 0.1) is 0 Å². The van der Waals surface area contributed by atoms with Crippen LogP contribution in [0.1, 0.15) is 23.7 Å². The van der Waals surface area contributed by atoms with E-state index in [0.29, 0.717) is 31.0 Å². The molecule has 0 saturated heterocycles. The van der Waals surface area contributed by atoms with Crippen LogP contribution in [0.2, 0.25) is 0 Å². The van der Waals surface area contributed by atoms with E-state index in [-0.39, 0.29) is 25.2 Å². The molecular weight excluding hydrogens is 362 g/mol. The van der Waals surface area contributed by atoms with Gasteiger partial charge < -0.3 is 30.3 Å². The van der Waals surface area contributed by atoms with Gasteiger partial charge in [-0.1, -0.05) is 12.1 Å². The molecule has 0 spiro atoms. The van der Waals surface area contributed by atoms with E-state index in [9.17, 15) is 15.0 Å². The van der Waals surface area contributed by atoms with Crippen molar-refractivity contribution in [3.63, 3.8) is 0 Å². The highest BCUT2D eigenvalue weighted by Crippen LogP contribution is 2.31. The number of hydrogen-bond acceptors (Lipinski definition) is 7. The number of carbonyl (C=O) groups is 1. The summed E-state index contributed by atoms with van der Waals surface area (Å²) in [6, 6.07) is 10.8. The second kappa shape index (κ2) is 8.90. The van der Waals surface area contributed by atoms with Gasteiger partial charge in [0.05, 0.1) is 24.3 Å². The molecule has 1 aromatic carbocycles. The van der Waals surface area contributed by atoms with Gasteiger partial charge in [-0.15, -0.1) is 0 Å². The van der Waals surface area contributed by atoms with Gasteiger partial charge in [0.15, 0.2) is 11.5 Å². The van der Waals surface area contributed by atoms with Gasteiger partial charge in [0.25, 0.3) is 5.91 Å². The van der Waals surface area contributed by atoms with E-state index in [1.54, 1.807) is 19.1 Å². The summed E-state index contributed by atoms with van der Waals surface area (Å²) in [4.78, 5) is 16.4. The Labute approximate surface area is 163 Å². The van der Waals surface area contributed by atoms with Crippen LogP contribution < -0.4 is 20.1 Å². The summed E-state index contributed by atoms with van der Waals surface area (Å²) in [6.45, 7) is 2.08. The summed E-state index contributed by atoms with van der Waals surface area (Å²) in [6.07, 6.45) is 1.96. The Kier molecular flexibility index (Phi) is 6.33. The summed E-state index contributed by atoms with van der Waals surface area (Å²) in [5.74, 6) is 1.69. The van der Waals surface area contributed by atoms with Crippen molar-refractivity contribution in [3.05, 3.63) is 48.2 Å². The van der Waals surface area contributed by atoms with Crippen molar-refractivity contribution in [1.29, 1.82) is 0 Å². The molecule has 0 fully saturated rings. The number of hydrogen-bond donors (Lipinski definition) is 4. The van der Waals surface area contributed by atoms with Crippen molar-refractivity contribution >= 4 is 11.7 Å². The number of fused-ring (bicyclic) bond motifs is 1. The maximum atomic E-state index is 12.3. The molecule has 1 aromatic heterocycles. The monoisotopic (exact) mass is 387 g/mol. The number of aliphatic hydroxyl groups excluding tert-OH is 2. The maximum absolute atomic E-state index is 12.3. The van der Waals surface area contributed by atoms with Crippen LogP contribution in [0.5, 0.6) is 11.5 Å². The first-order valence-corrected chi connectivity index (χ1v) is 9.15. The third kappa shape index (κ3) is 4.90. The highest BCUT2D eigenvalue weighted by Gasteiger charge is 2.23. The second-order valence-electron chi connectivity index (χ2n) is 6.98. The normalized spacial score (nSPS) is 15.8. The number of ether oxygens (including phenoxy) is 2. The highest BCUT2D eigenvalue weighted by molar-refractivity contribution is 5.94. The summed E-state index contributed by atoms with van der Waals surface area (Å²) >= 11 is 0. The van der Waals surface area contributed by atoms with Gasteiger partial charge in [-0.05, 0) is 31.2 Å². The minimum Gasteiger partial charge on any atom is -0.486 e. The fourth-order valence-electron chi connectivity index (χ4n) is 2.69. The average molecular weight is 387 g/mol. The van der Waals surface area contributed by atoms with Gasteiger partial charge in [-0.25, -0.2) is 4.98 Å². The Morgan fingerprint density at radius 2 is 1.96 bits per heavy atom. The molecule has 0 aliphatic carbocycles. The number of nitrogens with one attached hydrogen (secondary N) is 2. The Bertz CT molecular complexity index is 793. The third-order valence-corrected chi connectivity index (χ3v) is 4.47. The molecule has 28 heavy (non-hydrogen) atoms. The Hall–Kier alpha value is -2.84. The second-order valence-corrected chi connectivity index (χ2v) is 6.98. The van der Waals surface area contributed by atoms with Crippen molar-refractivity contribution in [3.8, 4) is 11.5 Å². The Morgan fingerprint density at radius 1 is 1.21 bits per heavy atom. The zero-order valence-corrected chi connectivity index (χ0v) is 15.7. The van der Waals surface area contributed by atoms with Crippen LogP contribution in [0.15, 0.2) is 42.6 Å². The third-order valence-electron chi connectivity index (χ3n) is 4.47. The number of nitrogens with zero attached hydrogens (tertiary/aromatic N) is 1. The molecule has 0 saturated carbocycles.